The predicted molar refractivity (Wildman–Crippen MR) is 60.5 cm³/mol. The molecule has 0 amide bonds. The second kappa shape index (κ2) is 4.90. The van der Waals surface area contributed by atoms with E-state index in [1.807, 2.05) is 26.0 Å². The molecule has 0 aliphatic rings. The van der Waals surface area contributed by atoms with Crippen LogP contribution in [-0.2, 0) is 4.79 Å². The lowest BCUT2D eigenvalue weighted by Crippen LogP contribution is -2.32. The Morgan fingerprint density at radius 1 is 1.38 bits per heavy atom. The molecule has 1 aromatic rings. The Kier molecular flexibility index (Phi) is 3.79. The number of hydrogen-bond donors (Lipinski definition) is 2. The van der Waals surface area contributed by atoms with Crippen LogP contribution in [0.1, 0.15) is 27.9 Å². The van der Waals surface area contributed by atoms with Gasteiger partial charge in [0.2, 0.25) is 0 Å². The number of carbonyl (C=O) groups is 2. The van der Waals surface area contributed by atoms with E-state index in [2.05, 4.69) is 0 Å². The van der Waals surface area contributed by atoms with Crippen molar-refractivity contribution in [2.45, 2.75) is 26.3 Å². The third-order valence-corrected chi connectivity index (χ3v) is 2.40. The molecule has 0 fully saturated rings. The highest BCUT2D eigenvalue weighted by molar-refractivity contribution is 5.99. The smallest absolute Gasteiger partial charge is 0.320 e. The number of nitrogens with two attached hydrogens (primary N) is 1. The van der Waals surface area contributed by atoms with Crippen LogP contribution in [0, 0.1) is 13.8 Å². The highest BCUT2D eigenvalue weighted by atomic mass is 16.4. The molecule has 4 heteroatoms. The summed E-state index contributed by atoms with van der Waals surface area (Å²) in [7, 11) is 0. The van der Waals surface area contributed by atoms with E-state index < -0.39 is 12.0 Å². The van der Waals surface area contributed by atoms with Gasteiger partial charge in [-0.3, -0.25) is 9.59 Å². The molecule has 0 aliphatic carbocycles. The summed E-state index contributed by atoms with van der Waals surface area (Å²) in [6.07, 6.45) is -0.167. The first kappa shape index (κ1) is 12.4. The van der Waals surface area contributed by atoms with Crippen molar-refractivity contribution in [2.75, 3.05) is 0 Å². The summed E-state index contributed by atoms with van der Waals surface area (Å²) in [4.78, 5) is 22.3. The first-order valence-electron chi connectivity index (χ1n) is 5.00. The fourth-order valence-electron chi connectivity index (χ4n) is 1.52. The maximum absolute atomic E-state index is 11.7. The highest BCUT2D eigenvalue weighted by Gasteiger charge is 2.18. The van der Waals surface area contributed by atoms with Crippen molar-refractivity contribution in [3.8, 4) is 0 Å². The molecule has 3 N–H and O–H groups in total. The normalized spacial score (nSPS) is 12.2. The van der Waals surface area contributed by atoms with Crippen molar-refractivity contribution in [1.29, 1.82) is 0 Å². The van der Waals surface area contributed by atoms with Gasteiger partial charge in [-0.1, -0.05) is 23.8 Å². The number of benzene rings is 1. The summed E-state index contributed by atoms with van der Waals surface area (Å²) in [6, 6.07) is 4.29. The largest absolute Gasteiger partial charge is 0.480 e. The zero-order valence-electron chi connectivity index (χ0n) is 9.36. The van der Waals surface area contributed by atoms with Crippen LogP contribution in [0.5, 0.6) is 0 Å². The molecule has 0 aliphatic heterocycles. The number of Topliss-reactive ketones (excluding diaryl/α,β-unsaturated/α-hetero) is 1. The van der Waals surface area contributed by atoms with Crippen LogP contribution in [0.25, 0.3) is 0 Å². The van der Waals surface area contributed by atoms with Crippen LogP contribution in [-0.4, -0.2) is 22.9 Å². The molecule has 0 radical (unpaired) electrons. The van der Waals surface area contributed by atoms with Crippen molar-refractivity contribution >= 4 is 11.8 Å². The van der Waals surface area contributed by atoms with Gasteiger partial charge in [-0.2, -0.15) is 0 Å². The predicted octanol–water partition coefficient (Wildman–Crippen LogP) is 1.29. The van der Waals surface area contributed by atoms with Crippen LogP contribution < -0.4 is 5.73 Å². The minimum Gasteiger partial charge on any atom is -0.480 e. The second-order valence-electron chi connectivity index (χ2n) is 3.89. The summed E-state index contributed by atoms with van der Waals surface area (Å²) in [5, 5.41) is 8.61. The van der Waals surface area contributed by atoms with Crippen LogP contribution in [0.2, 0.25) is 0 Å². The monoisotopic (exact) mass is 221 g/mol. The van der Waals surface area contributed by atoms with Gasteiger partial charge in [0.15, 0.2) is 5.78 Å². The molecule has 0 bridgehead atoms. The molecule has 0 saturated heterocycles. The molecule has 0 aromatic heterocycles. The van der Waals surface area contributed by atoms with Crippen molar-refractivity contribution in [2.24, 2.45) is 5.73 Å². The van der Waals surface area contributed by atoms with Crippen LogP contribution in [0.15, 0.2) is 18.2 Å². The molecule has 1 atom stereocenters. The third-order valence-electron chi connectivity index (χ3n) is 2.40. The van der Waals surface area contributed by atoms with Gasteiger partial charge in [0.1, 0.15) is 6.04 Å². The number of rotatable bonds is 4. The van der Waals surface area contributed by atoms with E-state index in [0.29, 0.717) is 5.56 Å². The maximum atomic E-state index is 11.7. The third kappa shape index (κ3) is 2.90. The van der Waals surface area contributed by atoms with Gasteiger partial charge in [-0.25, -0.2) is 0 Å². The summed E-state index contributed by atoms with van der Waals surface area (Å²) < 4.78 is 0. The van der Waals surface area contributed by atoms with Gasteiger partial charge in [0, 0.05) is 12.0 Å². The Morgan fingerprint density at radius 2 is 2.00 bits per heavy atom. The first-order valence-corrected chi connectivity index (χ1v) is 5.00. The Bertz CT molecular complexity index is 426. The average Bonchev–Trinajstić information content (AvgIpc) is 2.16. The fraction of sp³-hybridized carbons (Fsp3) is 0.333. The number of carboxylic acids is 1. The standard InChI is InChI=1S/C12H15NO3/c1-7-3-4-9(8(2)5-7)11(14)6-10(13)12(15)16/h3-5,10H,6,13H2,1-2H3,(H,15,16)/t10-/m1/s1. The lowest BCUT2D eigenvalue weighted by molar-refractivity contribution is -0.138. The summed E-state index contributed by atoms with van der Waals surface area (Å²) in [5.74, 6) is -1.38. The van der Waals surface area contributed by atoms with Crippen molar-refractivity contribution in [3.63, 3.8) is 0 Å². The summed E-state index contributed by atoms with van der Waals surface area (Å²) in [6.45, 7) is 3.76. The Hall–Kier alpha value is -1.68. The Morgan fingerprint density at radius 3 is 2.50 bits per heavy atom. The van der Waals surface area contributed by atoms with Gasteiger partial charge in [-0.05, 0) is 19.4 Å². The number of hydrogen-bond acceptors (Lipinski definition) is 3. The molecule has 0 heterocycles. The molecule has 0 spiro atoms. The molecule has 1 rings (SSSR count). The highest BCUT2D eigenvalue weighted by Crippen LogP contribution is 2.13. The van der Waals surface area contributed by atoms with Gasteiger partial charge in [0.25, 0.3) is 0 Å². The lowest BCUT2D eigenvalue weighted by Gasteiger charge is -2.08. The molecule has 0 unspecified atom stereocenters. The van der Waals surface area contributed by atoms with Gasteiger partial charge in [0.05, 0.1) is 0 Å². The average molecular weight is 221 g/mol. The molecular formula is C12H15NO3. The number of carboxylic acid groups (broad SMARTS) is 1. The van der Waals surface area contributed by atoms with E-state index in [0.717, 1.165) is 11.1 Å². The second-order valence-corrected chi connectivity index (χ2v) is 3.89. The number of aryl methyl sites for hydroxylation is 2. The van der Waals surface area contributed by atoms with Crippen LogP contribution in [0.3, 0.4) is 0 Å². The fourth-order valence-corrected chi connectivity index (χ4v) is 1.52. The van der Waals surface area contributed by atoms with E-state index in [-0.39, 0.29) is 12.2 Å². The minimum atomic E-state index is -1.15. The lowest BCUT2D eigenvalue weighted by atomic mass is 9.98. The number of aliphatic carboxylic acids is 1. The SMILES string of the molecule is Cc1ccc(C(=O)C[C@@H](N)C(=O)O)c(C)c1. The molecule has 16 heavy (non-hydrogen) atoms. The maximum Gasteiger partial charge on any atom is 0.320 e. The zero-order chi connectivity index (χ0) is 12.3. The Labute approximate surface area is 94.1 Å². The van der Waals surface area contributed by atoms with Gasteiger partial charge < -0.3 is 10.8 Å². The minimum absolute atomic E-state index is 0.167. The topological polar surface area (TPSA) is 80.4 Å². The Balaban J connectivity index is 2.85. The van der Waals surface area contributed by atoms with Gasteiger partial charge in [-0.15, -0.1) is 0 Å². The summed E-state index contributed by atoms with van der Waals surface area (Å²) in [5.41, 5.74) is 7.77. The number of carbonyl (C=O) groups excluding carboxylic acids is 1. The quantitative estimate of drug-likeness (QED) is 0.751. The van der Waals surface area contributed by atoms with E-state index in [9.17, 15) is 9.59 Å². The first-order chi connectivity index (χ1) is 7.41. The van der Waals surface area contributed by atoms with Crippen LogP contribution in [0.4, 0.5) is 0 Å². The van der Waals surface area contributed by atoms with Crippen molar-refractivity contribution < 1.29 is 14.7 Å². The number of ketones is 1. The zero-order valence-corrected chi connectivity index (χ0v) is 9.36. The molecular weight excluding hydrogens is 206 g/mol. The van der Waals surface area contributed by atoms with Gasteiger partial charge >= 0.3 is 5.97 Å². The van der Waals surface area contributed by atoms with E-state index >= 15 is 0 Å². The van der Waals surface area contributed by atoms with Crippen molar-refractivity contribution in [1.82, 2.24) is 0 Å². The van der Waals surface area contributed by atoms with Crippen LogP contribution >= 0.6 is 0 Å². The molecule has 86 valence electrons. The molecule has 0 saturated carbocycles. The van der Waals surface area contributed by atoms with E-state index in [1.54, 1.807) is 6.07 Å². The molecule has 4 nitrogen and oxygen atoms in total. The molecule has 1 aromatic carbocycles. The van der Waals surface area contributed by atoms with E-state index in [4.69, 9.17) is 10.8 Å². The summed E-state index contributed by atoms with van der Waals surface area (Å²) >= 11 is 0. The van der Waals surface area contributed by atoms with Crippen molar-refractivity contribution in [3.05, 3.63) is 34.9 Å². The van der Waals surface area contributed by atoms with E-state index in [1.165, 1.54) is 0 Å².